The molecule has 0 N–H and O–H groups in total. The molecule has 0 aliphatic rings. The molecule has 0 amide bonds. The predicted octanol–water partition coefficient (Wildman–Crippen LogP) is 4.92. The smallest absolute Gasteiger partial charge is 0.0404 e. The van der Waals surface area contributed by atoms with Crippen LogP contribution >= 0.6 is 11.6 Å². The van der Waals surface area contributed by atoms with Gasteiger partial charge in [-0.2, -0.15) is 0 Å². The summed E-state index contributed by atoms with van der Waals surface area (Å²) in [5.74, 6) is 0.663. The Balaban J connectivity index is 2.87. The summed E-state index contributed by atoms with van der Waals surface area (Å²) in [6, 6.07) is 0. The van der Waals surface area contributed by atoms with Crippen LogP contribution in [0.4, 0.5) is 0 Å². The normalized spacial score (nSPS) is 11.2. The van der Waals surface area contributed by atoms with E-state index >= 15 is 0 Å². The fraction of sp³-hybridized carbons (Fsp3) is 0.833. The second-order valence-electron chi connectivity index (χ2n) is 3.54. The first kappa shape index (κ1) is 13.0. The van der Waals surface area contributed by atoms with Gasteiger partial charge in [0.15, 0.2) is 0 Å². The molecule has 78 valence electrons. The van der Waals surface area contributed by atoms with E-state index in [0.717, 1.165) is 0 Å². The molecule has 0 heterocycles. The highest BCUT2D eigenvalue weighted by Crippen LogP contribution is 2.08. The van der Waals surface area contributed by atoms with E-state index in [4.69, 9.17) is 11.6 Å². The van der Waals surface area contributed by atoms with Crippen LogP contribution in [0.3, 0.4) is 0 Å². The Bertz CT molecular complexity index is 108. The van der Waals surface area contributed by atoms with Crippen molar-refractivity contribution in [2.24, 2.45) is 0 Å². The monoisotopic (exact) mass is 202 g/mol. The standard InChI is InChI=1S/C12H23Cl/c1-2-3-4-5-6-7-8-9-10-11-12-13/h10-11H,2-9,12H2,1H3/b11-10-. The lowest BCUT2D eigenvalue weighted by Crippen LogP contribution is -1.78. The van der Waals surface area contributed by atoms with Crippen molar-refractivity contribution in [2.75, 3.05) is 5.88 Å². The summed E-state index contributed by atoms with van der Waals surface area (Å²) in [6.07, 6.45) is 15.2. The number of hydrogen-bond donors (Lipinski definition) is 0. The summed E-state index contributed by atoms with van der Waals surface area (Å²) in [7, 11) is 0. The molecule has 1 heteroatoms. The van der Waals surface area contributed by atoms with Gasteiger partial charge in [0.1, 0.15) is 0 Å². The Morgan fingerprint density at radius 3 is 2.08 bits per heavy atom. The molecule has 0 nitrogen and oxygen atoms in total. The topological polar surface area (TPSA) is 0 Å². The van der Waals surface area contributed by atoms with E-state index in [0.29, 0.717) is 5.88 Å². The first-order valence-corrected chi connectivity index (χ1v) is 6.16. The minimum atomic E-state index is 0.663. The highest BCUT2D eigenvalue weighted by atomic mass is 35.5. The lowest BCUT2D eigenvalue weighted by Gasteiger charge is -1.98. The quantitative estimate of drug-likeness (QED) is 0.283. The van der Waals surface area contributed by atoms with Crippen molar-refractivity contribution >= 4 is 11.6 Å². The molecule has 0 unspecified atom stereocenters. The maximum atomic E-state index is 5.51. The Morgan fingerprint density at radius 2 is 1.46 bits per heavy atom. The van der Waals surface area contributed by atoms with Gasteiger partial charge in [0.05, 0.1) is 0 Å². The molecule has 13 heavy (non-hydrogen) atoms. The molecule has 0 aromatic carbocycles. The van der Waals surface area contributed by atoms with Crippen molar-refractivity contribution in [2.45, 2.75) is 58.3 Å². The Labute approximate surface area is 88.4 Å². The van der Waals surface area contributed by atoms with Crippen LogP contribution in [0, 0.1) is 0 Å². The molecule has 0 rings (SSSR count). The van der Waals surface area contributed by atoms with Crippen LogP contribution < -0.4 is 0 Å². The molecule has 0 radical (unpaired) electrons. The van der Waals surface area contributed by atoms with E-state index in [2.05, 4.69) is 13.0 Å². The molecule has 0 atom stereocenters. The van der Waals surface area contributed by atoms with E-state index in [9.17, 15) is 0 Å². The van der Waals surface area contributed by atoms with Crippen molar-refractivity contribution < 1.29 is 0 Å². The van der Waals surface area contributed by atoms with Crippen molar-refractivity contribution in [3.8, 4) is 0 Å². The number of halogens is 1. The van der Waals surface area contributed by atoms with Crippen molar-refractivity contribution in [1.29, 1.82) is 0 Å². The van der Waals surface area contributed by atoms with Gasteiger partial charge in [0.25, 0.3) is 0 Å². The Kier molecular flexibility index (Phi) is 12.1. The van der Waals surface area contributed by atoms with E-state index in [1.165, 1.54) is 51.4 Å². The van der Waals surface area contributed by atoms with Crippen LogP contribution in [0.2, 0.25) is 0 Å². The number of allylic oxidation sites excluding steroid dienone is 2. The number of unbranched alkanes of at least 4 members (excludes halogenated alkanes) is 7. The summed E-state index contributed by atoms with van der Waals surface area (Å²) in [5, 5.41) is 0. The highest BCUT2D eigenvalue weighted by Gasteiger charge is 1.88. The lowest BCUT2D eigenvalue weighted by atomic mass is 10.1. The van der Waals surface area contributed by atoms with Crippen LogP contribution in [0.5, 0.6) is 0 Å². The van der Waals surface area contributed by atoms with Crippen LogP contribution in [0.1, 0.15) is 58.3 Å². The zero-order chi connectivity index (χ0) is 9.78. The third kappa shape index (κ3) is 12.0. The van der Waals surface area contributed by atoms with Crippen LogP contribution in [0.25, 0.3) is 0 Å². The van der Waals surface area contributed by atoms with Crippen molar-refractivity contribution in [3.63, 3.8) is 0 Å². The van der Waals surface area contributed by atoms with Crippen LogP contribution in [-0.4, -0.2) is 5.88 Å². The summed E-state index contributed by atoms with van der Waals surface area (Å²) in [6.45, 7) is 2.26. The van der Waals surface area contributed by atoms with Gasteiger partial charge in [-0.05, 0) is 12.8 Å². The molecule has 0 aliphatic carbocycles. The third-order valence-electron chi connectivity index (χ3n) is 2.23. The average molecular weight is 203 g/mol. The van der Waals surface area contributed by atoms with Gasteiger partial charge in [0.2, 0.25) is 0 Å². The number of alkyl halides is 1. The van der Waals surface area contributed by atoms with Gasteiger partial charge in [-0.25, -0.2) is 0 Å². The van der Waals surface area contributed by atoms with Gasteiger partial charge in [-0.3, -0.25) is 0 Å². The molecular formula is C12H23Cl. The fourth-order valence-electron chi connectivity index (χ4n) is 1.40. The minimum Gasteiger partial charge on any atom is -0.122 e. The van der Waals surface area contributed by atoms with Gasteiger partial charge in [-0.1, -0.05) is 57.6 Å². The van der Waals surface area contributed by atoms with Gasteiger partial charge < -0.3 is 0 Å². The minimum absolute atomic E-state index is 0.663. The summed E-state index contributed by atoms with van der Waals surface area (Å²) >= 11 is 5.51. The summed E-state index contributed by atoms with van der Waals surface area (Å²) < 4.78 is 0. The van der Waals surface area contributed by atoms with Crippen molar-refractivity contribution in [1.82, 2.24) is 0 Å². The lowest BCUT2D eigenvalue weighted by molar-refractivity contribution is 0.592. The zero-order valence-corrected chi connectivity index (χ0v) is 9.65. The SMILES string of the molecule is CCCCCCCCC/C=C\CCl. The largest absolute Gasteiger partial charge is 0.122 e. The maximum absolute atomic E-state index is 5.51. The van der Waals surface area contributed by atoms with Crippen molar-refractivity contribution in [3.05, 3.63) is 12.2 Å². The Morgan fingerprint density at radius 1 is 0.846 bits per heavy atom. The molecule has 0 spiro atoms. The molecule has 0 bridgehead atoms. The van der Waals surface area contributed by atoms with Crippen LogP contribution in [0.15, 0.2) is 12.2 Å². The molecule has 0 saturated heterocycles. The fourth-order valence-corrected chi connectivity index (χ4v) is 1.53. The highest BCUT2D eigenvalue weighted by molar-refractivity contribution is 6.18. The van der Waals surface area contributed by atoms with Crippen LogP contribution in [-0.2, 0) is 0 Å². The number of hydrogen-bond acceptors (Lipinski definition) is 0. The second kappa shape index (κ2) is 12.0. The van der Waals surface area contributed by atoms with E-state index in [-0.39, 0.29) is 0 Å². The molecule has 0 fully saturated rings. The first-order valence-electron chi connectivity index (χ1n) is 5.62. The van der Waals surface area contributed by atoms with Gasteiger partial charge in [0, 0.05) is 5.88 Å². The summed E-state index contributed by atoms with van der Waals surface area (Å²) in [5.41, 5.74) is 0. The predicted molar refractivity (Wildman–Crippen MR) is 62.5 cm³/mol. The van der Waals surface area contributed by atoms with E-state index in [1.54, 1.807) is 0 Å². The molecular weight excluding hydrogens is 180 g/mol. The van der Waals surface area contributed by atoms with Gasteiger partial charge in [-0.15, -0.1) is 11.6 Å². The summed E-state index contributed by atoms with van der Waals surface area (Å²) in [4.78, 5) is 0. The first-order chi connectivity index (χ1) is 6.41. The van der Waals surface area contributed by atoms with E-state index in [1.807, 2.05) is 6.08 Å². The molecule has 0 aliphatic heterocycles. The molecule has 0 aromatic rings. The zero-order valence-electron chi connectivity index (χ0n) is 8.90. The number of rotatable bonds is 9. The molecule has 0 saturated carbocycles. The van der Waals surface area contributed by atoms with Gasteiger partial charge >= 0.3 is 0 Å². The molecule has 0 aromatic heterocycles. The third-order valence-corrected chi connectivity index (χ3v) is 2.41. The second-order valence-corrected chi connectivity index (χ2v) is 3.84. The van der Waals surface area contributed by atoms with E-state index < -0.39 is 0 Å². The average Bonchev–Trinajstić information content (AvgIpc) is 2.16. The maximum Gasteiger partial charge on any atom is 0.0404 e. The Hall–Kier alpha value is 0.0300.